The molecule has 0 saturated heterocycles. The van der Waals surface area contributed by atoms with Crippen LogP contribution < -0.4 is 17.0 Å². The minimum atomic E-state index is -0.339. The van der Waals surface area contributed by atoms with Crippen LogP contribution in [0.25, 0.3) is 11.2 Å². The van der Waals surface area contributed by atoms with Crippen LogP contribution in [0.4, 0.5) is 5.95 Å². The molecule has 0 aliphatic heterocycles. The van der Waals surface area contributed by atoms with Gasteiger partial charge in [0.1, 0.15) is 0 Å². The summed E-state index contributed by atoms with van der Waals surface area (Å²) in [6.45, 7) is 0. The number of aryl methyl sites for hydroxylation is 1. The van der Waals surface area contributed by atoms with Crippen molar-refractivity contribution in [2.75, 3.05) is 5.73 Å². The van der Waals surface area contributed by atoms with Crippen LogP contribution in [0.2, 0.25) is 0 Å². The van der Waals surface area contributed by atoms with Crippen LogP contribution in [-0.4, -0.2) is 27.4 Å². The van der Waals surface area contributed by atoms with Gasteiger partial charge in [0.05, 0.1) is 5.72 Å². The molecule has 0 aliphatic rings. The van der Waals surface area contributed by atoms with Crippen molar-refractivity contribution >= 4 is 30.7 Å². The van der Waals surface area contributed by atoms with Gasteiger partial charge >= 0.3 is 0 Å². The molecular formula is C6H6BN5O. The summed E-state index contributed by atoms with van der Waals surface area (Å²) >= 11 is 0. The lowest BCUT2D eigenvalue weighted by molar-refractivity contribution is 0.976. The largest absolute Gasteiger partial charge is 0.369 e. The average Bonchev–Trinajstić information content (AvgIpc) is 2.27. The molecule has 3 N–H and O–H groups in total. The summed E-state index contributed by atoms with van der Waals surface area (Å²) in [5, 5.41) is 0. The van der Waals surface area contributed by atoms with Crippen molar-refractivity contribution < 1.29 is 0 Å². The Morgan fingerprint density at radius 3 is 2.92 bits per heavy atom. The number of imidazole rings is 1. The number of H-pyrrole nitrogens is 1. The fraction of sp³-hybridized carbons (Fsp3) is 0.167. The van der Waals surface area contributed by atoms with Crippen molar-refractivity contribution in [3.8, 4) is 0 Å². The second-order valence-corrected chi connectivity index (χ2v) is 2.65. The normalized spacial score (nSPS) is 10.8. The second-order valence-electron chi connectivity index (χ2n) is 2.65. The molecule has 64 valence electrons. The zero-order valence-corrected chi connectivity index (χ0v) is 6.90. The topological polar surface area (TPSA) is 89.6 Å². The van der Waals surface area contributed by atoms with E-state index in [1.54, 1.807) is 7.05 Å². The van der Waals surface area contributed by atoms with E-state index >= 15 is 0 Å². The second kappa shape index (κ2) is 2.35. The van der Waals surface area contributed by atoms with Crippen molar-refractivity contribution in [3.05, 3.63) is 10.4 Å². The number of fused-ring (bicyclic) bond motifs is 1. The third-order valence-corrected chi connectivity index (χ3v) is 1.79. The fourth-order valence-electron chi connectivity index (χ4n) is 1.15. The van der Waals surface area contributed by atoms with Gasteiger partial charge in [-0.1, -0.05) is 0 Å². The minimum absolute atomic E-state index is 0.0376. The van der Waals surface area contributed by atoms with Gasteiger partial charge in [-0.05, 0) is 0 Å². The SMILES string of the molecule is [B]c1nc2nc(N)[nH]c(=O)c2n1C. The van der Waals surface area contributed by atoms with Gasteiger partial charge in [-0.3, -0.25) is 9.78 Å². The highest BCUT2D eigenvalue weighted by Gasteiger charge is 2.09. The first-order valence-electron chi connectivity index (χ1n) is 3.57. The first-order chi connectivity index (χ1) is 6.09. The van der Waals surface area contributed by atoms with Gasteiger partial charge in [0.2, 0.25) is 5.95 Å². The van der Waals surface area contributed by atoms with Crippen LogP contribution >= 0.6 is 0 Å². The summed E-state index contributed by atoms with van der Waals surface area (Å²) in [4.78, 5) is 21.4. The van der Waals surface area contributed by atoms with Crippen molar-refractivity contribution in [1.29, 1.82) is 0 Å². The minimum Gasteiger partial charge on any atom is -0.369 e. The zero-order valence-electron chi connectivity index (χ0n) is 6.90. The number of aromatic amines is 1. The first-order valence-corrected chi connectivity index (χ1v) is 3.57. The van der Waals surface area contributed by atoms with E-state index in [-0.39, 0.29) is 22.9 Å². The van der Waals surface area contributed by atoms with Crippen molar-refractivity contribution in [2.45, 2.75) is 0 Å². The molecule has 6 nitrogen and oxygen atoms in total. The quantitative estimate of drug-likeness (QED) is 0.454. The highest BCUT2D eigenvalue weighted by molar-refractivity contribution is 6.30. The van der Waals surface area contributed by atoms with Crippen LogP contribution in [0.1, 0.15) is 0 Å². The molecule has 0 fully saturated rings. The van der Waals surface area contributed by atoms with Crippen LogP contribution in [0.5, 0.6) is 0 Å². The predicted molar refractivity (Wildman–Crippen MR) is 48.9 cm³/mol. The summed E-state index contributed by atoms with van der Waals surface area (Å²) in [6, 6.07) is 0. The highest BCUT2D eigenvalue weighted by atomic mass is 16.1. The third-order valence-electron chi connectivity index (χ3n) is 1.79. The van der Waals surface area contributed by atoms with Gasteiger partial charge in [0.15, 0.2) is 19.0 Å². The number of rotatable bonds is 0. The molecule has 0 amide bonds. The van der Waals surface area contributed by atoms with E-state index in [2.05, 4.69) is 15.0 Å². The molecule has 13 heavy (non-hydrogen) atoms. The molecule has 0 aromatic carbocycles. The summed E-state index contributed by atoms with van der Waals surface area (Å²) < 4.78 is 1.46. The number of nitrogens with two attached hydrogens (primary N) is 1. The Morgan fingerprint density at radius 2 is 2.23 bits per heavy atom. The van der Waals surface area contributed by atoms with E-state index in [9.17, 15) is 4.79 Å². The van der Waals surface area contributed by atoms with Crippen LogP contribution in [0.15, 0.2) is 4.79 Å². The van der Waals surface area contributed by atoms with Crippen LogP contribution in [-0.2, 0) is 7.05 Å². The van der Waals surface area contributed by atoms with E-state index in [4.69, 9.17) is 13.6 Å². The van der Waals surface area contributed by atoms with Crippen molar-refractivity contribution in [2.24, 2.45) is 7.05 Å². The van der Waals surface area contributed by atoms with Crippen LogP contribution in [0.3, 0.4) is 0 Å². The smallest absolute Gasteiger partial charge is 0.278 e. The van der Waals surface area contributed by atoms with E-state index in [1.165, 1.54) is 4.57 Å². The summed E-state index contributed by atoms with van der Waals surface area (Å²) in [7, 11) is 7.13. The van der Waals surface area contributed by atoms with Gasteiger partial charge in [-0.2, -0.15) is 4.98 Å². The highest BCUT2D eigenvalue weighted by Crippen LogP contribution is 2.00. The lowest BCUT2D eigenvalue weighted by atomic mass is 10.1. The van der Waals surface area contributed by atoms with Gasteiger partial charge in [-0.15, -0.1) is 0 Å². The van der Waals surface area contributed by atoms with Crippen molar-refractivity contribution in [1.82, 2.24) is 19.5 Å². The van der Waals surface area contributed by atoms with Crippen molar-refractivity contribution in [3.63, 3.8) is 0 Å². The van der Waals surface area contributed by atoms with Crippen LogP contribution in [0, 0.1) is 0 Å². The number of hydrogen-bond acceptors (Lipinski definition) is 4. The summed E-state index contributed by atoms with van der Waals surface area (Å²) in [5.41, 5.74) is 5.81. The maximum atomic E-state index is 11.3. The standard InChI is InChI=1S/C6H6BN5O/c1-12-2-3(9-5(12)7)10-6(8)11-4(2)13/h1H3,(H3,8,10,11,13). The lowest BCUT2D eigenvalue weighted by Gasteiger charge is -1.95. The zero-order chi connectivity index (χ0) is 9.59. The molecule has 2 aromatic rings. The summed E-state index contributed by atoms with van der Waals surface area (Å²) in [6.07, 6.45) is 0. The maximum Gasteiger partial charge on any atom is 0.278 e. The van der Waals surface area contributed by atoms with E-state index < -0.39 is 0 Å². The molecule has 0 saturated carbocycles. The lowest BCUT2D eigenvalue weighted by Crippen LogP contribution is -2.19. The number of nitrogen functional groups attached to an aromatic ring is 1. The molecule has 0 aliphatic carbocycles. The van der Waals surface area contributed by atoms with Gasteiger partial charge in [-0.25, -0.2) is 4.98 Å². The van der Waals surface area contributed by atoms with E-state index in [0.717, 1.165) is 0 Å². The number of hydrogen-bond donors (Lipinski definition) is 2. The Hall–Kier alpha value is -1.79. The number of aromatic nitrogens is 4. The monoisotopic (exact) mass is 175 g/mol. The van der Waals surface area contributed by atoms with Gasteiger partial charge in [0.25, 0.3) is 5.56 Å². The number of anilines is 1. The summed E-state index contributed by atoms with van der Waals surface area (Å²) in [5.74, 6) is 0.0376. The van der Waals surface area contributed by atoms with E-state index in [0.29, 0.717) is 5.52 Å². The Kier molecular flexibility index (Phi) is 1.42. The Balaban J connectivity index is 3.03. The van der Waals surface area contributed by atoms with E-state index in [1.807, 2.05) is 0 Å². The third kappa shape index (κ3) is 1.00. The Bertz CT molecular complexity index is 528. The molecule has 2 radical (unpaired) electrons. The molecule has 2 heterocycles. The molecular weight excluding hydrogens is 169 g/mol. The molecule has 0 unspecified atom stereocenters. The molecule has 0 spiro atoms. The first kappa shape index (κ1) is 7.84. The predicted octanol–water partition coefficient (Wildman–Crippen LogP) is -1.97. The average molecular weight is 175 g/mol. The van der Waals surface area contributed by atoms with Gasteiger partial charge < -0.3 is 10.3 Å². The van der Waals surface area contributed by atoms with Gasteiger partial charge in [0, 0.05) is 7.05 Å². The molecule has 2 rings (SSSR count). The fourth-order valence-corrected chi connectivity index (χ4v) is 1.15. The molecule has 0 atom stereocenters. The maximum absolute atomic E-state index is 11.3. The molecule has 7 heteroatoms. The Labute approximate surface area is 74.2 Å². The number of nitrogens with zero attached hydrogens (tertiary/aromatic N) is 3. The Morgan fingerprint density at radius 1 is 1.54 bits per heavy atom. The molecule has 2 aromatic heterocycles. The number of nitrogens with one attached hydrogen (secondary N) is 1. The molecule has 0 bridgehead atoms.